The van der Waals surface area contributed by atoms with Gasteiger partial charge in [0.1, 0.15) is 0 Å². The number of aromatic nitrogens is 1. The molecule has 1 aliphatic rings. The number of carboxylic acids is 4. The van der Waals surface area contributed by atoms with Gasteiger partial charge in [0.2, 0.25) is 0 Å². The normalized spacial score (nSPS) is 15.7. The highest BCUT2D eigenvalue weighted by molar-refractivity contribution is 5.88. The van der Waals surface area contributed by atoms with Crippen LogP contribution >= 0.6 is 0 Å². The van der Waals surface area contributed by atoms with Crippen molar-refractivity contribution in [1.82, 2.24) is 9.88 Å². The lowest BCUT2D eigenvalue weighted by molar-refractivity contribution is -0.170. The van der Waals surface area contributed by atoms with Crippen molar-refractivity contribution in [3.8, 4) is 0 Å². The molecule has 0 saturated carbocycles. The summed E-state index contributed by atoms with van der Waals surface area (Å²) in [5.74, 6) is -5.85. The summed E-state index contributed by atoms with van der Waals surface area (Å²) in [6.45, 7) is 6.47. The molecule has 2 heterocycles. The monoisotopic (exact) mass is 442 g/mol. The average molecular weight is 442 g/mol. The molecule has 1 atom stereocenters. The predicted octanol–water partition coefficient (Wildman–Crippen LogP) is 1.31. The first-order chi connectivity index (χ1) is 14.2. The summed E-state index contributed by atoms with van der Waals surface area (Å²) in [7, 11) is 2.21. The van der Waals surface area contributed by atoms with E-state index in [2.05, 4.69) is 42.9 Å². The lowest BCUT2D eigenvalue weighted by Crippen LogP contribution is -2.42. The predicted molar refractivity (Wildman–Crippen MR) is 109 cm³/mol. The van der Waals surface area contributed by atoms with Crippen LogP contribution in [0.25, 0.3) is 0 Å². The molecule has 5 N–H and O–H groups in total. The summed E-state index contributed by atoms with van der Waals surface area (Å²) in [5, 5.41) is 41.2. The maximum atomic E-state index is 10.3. The topological polar surface area (TPSA) is 186 Å². The molecule has 0 unspecified atom stereocenters. The lowest BCUT2D eigenvalue weighted by atomic mass is 9.96. The van der Waals surface area contributed by atoms with Crippen molar-refractivity contribution < 1.29 is 44.7 Å². The minimum Gasteiger partial charge on any atom is -0.481 e. The van der Waals surface area contributed by atoms with Crippen molar-refractivity contribution in [2.24, 2.45) is 0 Å². The van der Waals surface area contributed by atoms with Crippen molar-refractivity contribution in [3.63, 3.8) is 0 Å². The van der Waals surface area contributed by atoms with Crippen LogP contribution in [0, 0.1) is 13.8 Å². The third kappa shape index (κ3) is 10.5. The molecule has 0 spiro atoms. The Hall–Kier alpha value is -3.05. The van der Waals surface area contributed by atoms with E-state index < -0.39 is 42.3 Å². The van der Waals surface area contributed by atoms with E-state index in [9.17, 15) is 14.4 Å². The van der Waals surface area contributed by atoms with Gasteiger partial charge in [0.15, 0.2) is 5.60 Å². The van der Waals surface area contributed by atoms with Gasteiger partial charge in [0.05, 0.1) is 12.8 Å². The highest BCUT2D eigenvalue weighted by Gasteiger charge is 2.40. The maximum absolute atomic E-state index is 10.3. The zero-order chi connectivity index (χ0) is 24.4. The Balaban J connectivity index is 0.000000498. The second-order valence-electron chi connectivity index (χ2n) is 7.26. The summed E-state index contributed by atoms with van der Waals surface area (Å²) in [6, 6.07) is 4.96. The van der Waals surface area contributed by atoms with Crippen molar-refractivity contribution in [1.29, 1.82) is 0 Å². The molecule has 11 nitrogen and oxygen atoms in total. The third-order valence-corrected chi connectivity index (χ3v) is 4.43. The smallest absolute Gasteiger partial charge is 0.336 e. The number of likely N-dealkylation sites (tertiary alicyclic amines) is 1. The number of hydrogen-bond donors (Lipinski definition) is 5. The quantitative estimate of drug-likeness (QED) is 0.427. The van der Waals surface area contributed by atoms with Gasteiger partial charge in [-0.1, -0.05) is 6.07 Å². The molecule has 1 aliphatic heterocycles. The fourth-order valence-corrected chi connectivity index (χ4v) is 3.07. The average Bonchev–Trinajstić information content (AvgIpc) is 2.99. The second-order valence-corrected chi connectivity index (χ2v) is 7.26. The van der Waals surface area contributed by atoms with Crippen molar-refractivity contribution in [2.45, 2.75) is 58.1 Å². The number of aryl methyl sites for hydroxylation is 2. The lowest BCUT2D eigenvalue weighted by Gasteiger charge is -2.21. The Kier molecular flexibility index (Phi) is 11.4. The van der Waals surface area contributed by atoms with Crippen molar-refractivity contribution >= 4 is 23.9 Å². The molecular formula is C20H30N2O9. The molecular weight excluding hydrogens is 412 g/mol. The number of carboxylic acid groups (broad SMARTS) is 4. The standard InChI is InChI=1S/C12H18N2.C6H8O7.C2H4O2/c1-9-6-7-11(10(2)13-9)12-5-4-8-14(12)3;7-3(8)1-6(13,5(11)12)2-4(9)10;1-2(3)4/h6-7,12H,4-5,8H2,1-3H3;13H,1-2H2,(H,7,8)(H,9,10)(H,11,12);1H3,(H,3,4)/t12-;;/m0../s1. The van der Waals surface area contributed by atoms with Crippen LogP contribution in [0.15, 0.2) is 12.1 Å². The van der Waals surface area contributed by atoms with Crippen LogP contribution in [0.2, 0.25) is 0 Å². The first kappa shape index (κ1) is 27.9. The number of carbonyl (C=O) groups is 4. The molecule has 0 amide bonds. The molecule has 174 valence electrons. The van der Waals surface area contributed by atoms with Gasteiger partial charge in [-0.25, -0.2) is 4.79 Å². The second kappa shape index (κ2) is 12.6. The Bertz CT molecular complexity index is 775. The van der Waals surface area contributed by atoms with Crippen LogP contribution in [-0.4, -0.2) is 78.5 Å². The molecule has 2 rings (SSSR count). The van der Waals surface area contributed by atoms with Crippen LogP contribution < -0.4 is 0 Å². The third-order valence-electron chi connectivity index (χ3n) is 4.43. The van der Waals surface area contributed by atoms with E-state index in [-0.39, 0.29) is 0 Å². The first-order valence-corrected chi connectivity index (χ1v) is 9.43. The fraction of sp³-hybridized carbons (Fsp3) is 0.550. The molecule has 1 fully saturated rings. The van der Waals surface area contributed by atoms with E-state index in [1.807, 2.05) is 0 Å². The zero-order valence-corrected chi connectivity index (χ0v) is 18.0. The summed E-state index contributed by atoms with van der Waals surface area (Å²) < 4.78 is 0. The van der Waals surface area contributed by atoms with Gasteiger partial charge in [-0.15, -0.1) is 0 Å². The van der Waals surface area contributed by atoms with E-state index in [0.29, 0.717) is 6.04 Å². The van der Waals surface area contributed by atoms with Gasteiger partial charge in [-0.3, -0.25) is 24.3 Å². The molecule has 0 aliphatic carbocycles. The van der Waals surface area contributed by atoms with Crippen molar-refractivity contribution in [3.05, 3.63) is 29.1 Å². The summed E-state index contributed by atoms with van der Waals surface area (Å²) in [6.07, 6.45) is 0.305. The molecule has 1 saturated heterocycles. The molecule has 31 heavy (non-hydrogen) atoms. The molecule has 0 radical (unpaired) electrons. The van der Waals surface area contributed by atoms with Crippen LogP contribution in [0.5, 0.6) is 0 Å². The van der Waals surface area contributed by atoms with E-state index in [0.717, 1.165) is 12.6 Å². The Morgan fingerprint density at radius 2 is 1.55 bits per heavy atom. The number of rotatable bonds is 6. The molecule has 11 heteroatoms. The van der Waals surface area contributed by atoms with Gasteiger partial charge in [0.25, 0.3) is 5.97 Å². The molecule has 1 aromatic rings. The Morgan fingerprint density at radius 1 is 1.06 bits per heavy atom. The van der Waals surface area contributed by atoms with Crippen molar-refractivity contribution in [2.75, 3.05) is 13.6 Å². The van der Waals surface area contributed by atoms with Crippen LogP contribution in [0.1, 0.15) is 55.6 Å². The molecule has 0 bridgehead atoms. The van der Waals surface area contributed by atoms with Crippen LogP contribution in [-0.2, 0) is 19.2 Å². The first-order valence-electron chi connectivity index (χ1n) is 9.43. The maximum Gasteiger partial charge on any atom is 0.336 e. The van der Waals surface area contributed by atoms with Gasteiger partial charge in [-0.05, 0) is 51.9 Å². The Morgan fingerprint density at radius 3 is 1.87 bits per heavy atom. The van der Waals surface area contributed by atoms with Crippen LogP contribution in [0.4, 0.5) is 0 Å². The largest absolute Gasteiger partial charge is 0.481 e. The number of aliphatic hydroxyl groups is 1. The van der Waals surface area contributed by atoms with Gasteiger partial charge in [-0.2, -0.15) is 0 Å². The van der Waals surface area contributed by atoms with Gasteiger partial charge >= 0.3 is 17.9 Å². The minimum atomic E-state index is -2.74. The van der Waals surface area contributed by atoms with E-state index in [4.69, 9.17) is 30.3 Å². The summed E-state index contributed by atoms with van der Waals surface area (Å²) in [5.41, 5.74) is 0.990. The minimum absolute atomic E-state index is 0.600. The Labute approximate surface area is 180 Å². The van der Waals surface area contributed by atoms with Gasteiger partial charge < -0.3 is 25.5 Å². The zero-order valence-electron chi connectivity index (χ0n) is 18.0. The highest BCUT2D eigenvalue weighted by Crippen LogP contribution is 2.31. The fourth-order valence-electron chi connectivity index (χ4n) is 3.07. The van der Waals surface area contributed by atoms with Gasteiger partial charge in [0, 0.05) is 24.4 Å². The number of pyridine rings is 1. The summed E-state index contributed by atoms with van der Waals surface area (Å²) >= 11 is 0. The number of nitrogens with zero attached hydrogens (tertiary/aromatic N) is 2. The molecule has 1 aromatic heterocycles. The van der Waals surface area contributed by atoms with E-state index in [1.54, 1.807) is 0 Å². The van der Waals surface area contributed by atoms with Crippen LogP contribution in [0.3, 0.4) is 0 Å². The number of hydrogen-bond acceptors (Lipinski definition) is 7. The SMILES string of the molecule is CC(=O)O.Cc1ccc([C@@H]2CCCN2C)c(C)n1.O=C(O)CC(O)(CC(=O)O)C(=O)O. The summed E-state index contributed by atoms with van der Waals surface area (Å²) in [4.78, 5) is 46.4. The highest BCUT2D eigenvalue weighted by atomic mass is 16.4. The van der Waals surface area contributed by atoms with E-state index >= 15 is 0 Å². The van der Waals surface area contributed by atoms with E-state index in [1.165, 1.54) is 30.6 Å². The number of aliphatic carboxylic acids is 4. The molecule has 0 aromatic carbocycles.